The lowest BCUT2D eigenvalue weighted by atomic mass is 9.74. The highest BCUT2D eigenvalue weighted by molar-refractivity contribution is 5.98. The topological polar surface area (TPSA) is 9.23 Å². The van der Waals surface area contributed by atoms with E-state index in [2.05, 4.69) is 34.6 Å². The Morgan fingerprint density at radius 3 is 2.25 bits per heavy atom. The second-order valence-electron chi connectivity index (χ2n) is 7.80. The Morgan fingerprint density at radius 1 is 1.00 bits per heavy atom. The van der Waals surface area contributed by atoms with Crippen molar-refractivity contribution in [3.63, 3.8) is 0 Å². The molecule has 20 heavy (non-hydrogen) atoms. The fourth-order valence-electron chi connectivity index (χ4n) is 3.44. The van der Waals surface area contributed by atoms with Gasteiger partial charge in [-0.2, -0.15) is 0 Å². The Balaban J connectivity index is 2.79. The van der Waals surface area contributed by atoms with E-state index in [0.717, 1.165) is 16.4 Å². The molecular formula is C18H36OSi. The Labute approximate surface area is 130 Å². The molecule has 2 unspecified atom stereocenters. The van der Waals surface area contributed by atoms with E-state index in [1.807, 2.05) is 0 Å². The standard InChI is InChI=1S/C18H36OSi/c1-14-12-13-16(18(3,4)5)10-8-6-7-9-11-17(19-20)15(14)2/h14,16H,6-13H2,1-5,20H3. The van der Waals surface area contributed by atoms with Crippen molar-refractivity contribution in [3.05, 3.63) is 11.3 Å². The van der Waals surface area contributed by atoms with Crippen molar-refractivity contribution in [1.82, 2.24) is 0 Å². The SMILES string of the molecule is CC1=C(O[SiH3])CCCCCCC(C(C)(C)C)CCC1C. The highest BCUT2D eigenvalue weighted by Crippen LogP contribution is 2.36. The highest BCUT2D eigenvalue weighted by atomic mass is 28.2. The Morgan fingerprint density at radius 2 is 1.65 bits per heavy atom. The fourth-order valence-corrected chi connectivity index (χ4v) is 3.97. The summed E-state index contributed by atoms with van der Waals surface area (Å²) < 4.78 is 5.79. The molecule has 0 aromatic heterocycles. The van der Waals surface area contributed by atoms with Gasteiger partial charge in [0.1, 0.15) is 0 Å². The monoisotopic (exact) mass is 296 g/mol. The molecule has 0 aromatic carbocycles. The Kier molecular flexibility index (Phi) is 7.36. The van der Waals surface area contributed by atoms with Gasteiger partial charge in [0.05, 0.1) is 5.76 Å². The van der Waals surface area contributed by atoms with Gasteiger partial charge in [0.2, 0.25) is 10.5 Å². The Bertz CT molecular complexity index is 314. The molecule has 0 fully saturated rings. The minimum Gasteiger partial charge on any atom is -0.556 e. The van der Waals surface area contributed by atoms with Crippen LogP contribution in [0.2, 0.25) is 0 Å². The third-order valence-corrected chi connectivity index (χ3v) is 5.80. The lowest BCUT2D eigenvalue weighted by Gasteiger charge is -2.32. The van der Waals surface area contributed by atoms with Gasteiger partial charge in [-0.3, -0.25) is 0 Å². The van der Waals surface area contributed by atoms with E-state index >= 15 is 0 Å². The first-order chi connectivity index (χ1) is 9.36. The summed E-state index contributed by atoms with van der Waals surface area (Å²) in [6, 6.07) is 0. The van der Waals surface area contributed by atoms with Gasteiger partial charge in [-0.15, -0.1) is 0 Å². The number of hydrogen-bond donors (Lipinski definition) is 0. The van der Waals surface area contributed by atoms with Crippen LogP contribution in [0.5, 0.6) is 0 Å². The van der Waals surface area contributed by atoms with Crippen molar-refractivity contribution >= 4 is 10.5 Å². The molecule has 0 radical (unpaired) electrons. The van der Waals surface area contributed by atoms with Crippen molar-refractivity contribution in [3.8, 4) is 0 Å². The summed E-state index contributed by atoms with van der Waals surface area (Å²) in [5.41, 5.74) is 1.98. The van der Waals surface area contributed by atoms with Crippen molar-refractivity contribution in [2.24, 2.45) is 17.3 Å². The van der Waals surface area contributed by atoms with Crippen LogP contribution in [0.25, 0.3) is 0 Å². The summed E-state index contributed by atoms with van der Waals surface area (Å²) >= 11 is 0. The summed E-state index contributed by atoms with van der Waals surface area (Å²) in [4.78, 5) is 0. The summed E-state index contributed by atoms with van der Waals surface area (Å²) in [6.07, 6.45) is 10.8. The van der Waals surface area contributed by atoms with Gasteiger partial charge in [-0.1, -0.05) is 47.0 Å². The maximum Gasteiger partial charge on any atom is 0.203 e. The van der Waals surface area contributed by atoms with Crippen LogP contribution in [0, 0.1) is 17.3 Å². The van der Waals surface area contributed by atoms with E-state index in [9.17, 15) is 0 Å². The second-order valence-corrected chi connectivity index (χ2v) is 8.21. The van der Waals surface area contributed by atoms with Gasteiger partial charge in [-0.25, -0.2) is 0 Å². The summed E-state index contributed by atoms with van der Waals surface area (Å²) in [6.45, 7) is 12.0. The molecule has 1 nitrogen and oxygen atoms in total. The smallest absolute Gasteiger partial charge is 0.203 e. The predicted octanol–water partition coefficient (Wildman–Crippen LogP) is 4.99. The summed E-state index contributed by atoms with van der Waals surface area (Å²) in [5.74, 6) is 2.87. The first kappa shape index (κ1) is 17.8. The molecule has 0 amide bonds. The van der Waals surface area contributed by atoms with Gasteiger partial charge < -0.3 is 4.43 Å². The zero-order valence-corrected chi connectivity index (χ0v) is 16.7. The van der Waals surface area contributed by atoms with Crippen molar-refractivity contribution in [1.29, 1.82) is 0 Å². The molecule has 0 spiro atoms. The molecule has 0 aromatic rings. The predicted molar refractivity (Wildman–Crippen MR) is 92.8 cm³/mol. The zero-order valence-electron chi connectivity index (χ0n) is 14.7. The molecule has 1 aliphatic carbocycles. The maximum atomic E-state index is 5.79. The molecule has 0 saturated heterocycles. The lowest BCUT2D eigenvalue weighted by Crippen LogP contribution is -2.21. The first-order valence-electron chi connectivity index (χ1n) is 8.60. The van der Waals surface area contributed by atoms with E-state index < -0.39 is 0 Å². The lowest BCUT2D eigenvalue weighted by molar-refractivity contribution is 0.196. The van der Waals surface area contributed by atoms with Crippen LogP contribution < -0.4 is 0 Å². The van der Waals surface area contributed by atoms with Crippen LogP contribution in [0.3, 0.4) is 0 Å². The molecule has 2 atom stereocenters. The molecule has 0 aliphatic heterocycles. The van der Waals surface area contributed by atoms with Crippen molar-refractivity contribution in [2.45, 2.75) is 86.0 Å². The third-order valence-electron chi connectivity index (χ3n) is 5.30. The van der Waals surface area contributed by atoms with E-state index in [4.69, 9.17) is 4.43 Å². The number of allylic oxidation sites excluding steroid dienone is 2. The highest BCUT2D eigenvalue weighted by Gasteiger charge is 2.25. The van der Waals surface area contributed by atoms with Crippen molar-refractivity contribution in [2.75, 3.05) is 0 Å². The van der Waals surface area contributed by atoms with Crippen LogP contribution in [0.1, 0.15) is 86.0 Å². The fraction of sp³-hybridized carbons (Fsp3) is 0.889. The number of rotatable bonds is 1. The minimum atomic E-state index is 0.457. The van der Waals surface area contributed by atoms with Crippen LogP contribution >= 0.6 is 0 Å². The summed E-state index contributed by atoms with van der Waals surface area (Å²) in [7, 11) is 0.834. The molecule has 2 heteroatoms. The van der Waals surface area contributed by atoms with E-state index in [0.29, 0.717) is 11.3 Å². The summed E-state index contributed by atoms with van der Waals surface area (Å²) in [5, 5.41) is 0. The molecule has 118 valence electrons. The molecule has 1 aliphatic rings. The third kappa shape index (κ3) is 5.63. The average Bonchev–Trinajstić information content (AvgIpc) is 2.37. The number of hydrogen-bond acceptors (Lipinski definition) is 1. The van der Waals surface area contributed by atoms with Gasteiger partial charge in [0, 0.05) is 6.42 Å². The molecule has 0 saturated carbocycles. The van der Waals surface area contributed by atoms with E-state index in [-0.39, 0.29) is 0 Å². The molecule has 0 bridgehead atoms. The van der Waals surface area contributed by atoms with E-state index in [1.54, 1.807) is 0 Å². The minimum absolute atomic E-state index is 0.457. The average molecular weight is 297 g/mol. The second kappa shape index (κ2) is 8.26. The van der Waals surface area contributed by atoms with Gasteiger partial charge in [-0.05, 0) is 55.4 Å². The molecule has 0 N–H and O–H groups in total. The largest absolute Gasteiger partial charge is 0.556 e. The van der Waals surface area contributed by atoms with Gasteiger partial charge in [0.25, 0.3) is 0 Å². The normalized spacial score (nSPS) is 27.9. The van der Waals surface area contributed by atoms with Gasteiger partial charge in [0.15, 0.2) is 0 Å². The first-order valence-corrected chi connectivity index (χ1v) is 9.41. The maximum absolute atomic E-state index is 5.79. The van der Waals surface area contributed by atoms with Crippen LogP contribution in [0.4, 0.5) is 0 Å². The van der Waals surface area contributed by atoms with E-state index in [1.165, 1.54) is 62.7 Å². The zero-order chi connectivity index (χ0) is 15.2. The Hall–Kier alpha value is -0.243. The molecule has 0 heterocycles. The molecule has 1 rings (SSSR count). The van der Waals surface area contributed by atoms with Crippen LogP contribution in [-0.4, -0.2) is 10.5 Å². The van der Waals surface area contributed by atoms with Gasteiger partial charge >= 0.3 is 0 Å². The molecular weight excluding hydrogens is 260 g/mol. The van der Waals surface area contributed by atoms with Crippen molar-refractivity contribution < 1.29 is 4.43 Å². The quantitative estimate of drug-likeness (QED) is 0.619. The van der Waals surface area contributed by atoms with Crippen LogP contribution in [0.15, 0.2) is 11.3 Å². The van der Waals surface area contributed by atoms with Crippen LogP contribution in [-0.2, 0) is 4.43 Å².